The number of aromatic nitrogens is 3. The Labute approximate surface area is 131 Å². The standard InChI is InChI=1S/C16H22ClN3O/c1-16(2,3)13-4-6-15(7-5-13)21-11-10-20-12-14(8-9-17)18-19-20/h4-7,12H,8-11H2,1-3H3. The van der Waals surface area contributed by atoms with Gasteiger partial charge in [0.1, 0.15) is 12.4 Å². The highest BCUT2D eigenvalue weighted by Crippen LogP contribution is 2.24. The second kappa shape index (κ2) is 6.94. The molecule has 1 aromatic heterocycles. The fraction of sp³-hybridized carbons (Fsp3) is 0.500. The predicted molar refractivity (Wildman–Crippen MR) is 85.1 cm³/mol. The zero-order valence-electron chi connectivity index (χ0n) is 12.8. The van der Waals surface area contributed by atoms with Crippen LogP contribution in [-0.2, 0) is 18.4 Å². The van der Waals surface area contributed by atoms with Crippen LogP contribution in [0, 0.1) is 0 Å². The van der Waals surface area contributed by atoms with Crippen LogP contribution in [-0.4, -0.2) is 27.5 Å². The first kappa shape index (κ1) is 15.8. The van der Waals surface area contributed by atoms with Gasteiger partial charge in [-0.2, -0.15) is 0 Å². The molecule has 21 heavy (non-hydrogen) atoms. The quantitative estimate of drug-likeness (QED) is 0.768. The third-order valence-electron chi connectivity index (χ3n) is 3.25. The van der Waals surface area contributed by atoms with Crippen molar-refractivity contribution in [3.63, 3.8) is 0 Å². The summed E-state index contributed by atoms with van der Waals surface area (Å²) in [6, 6.07) is 8.26. The number of hydrogen-bond acceptors (Lipinski definition) is 3. The SMILES string of the molecule is CC(C)(C)c1ccc(OCCn2cc(CCCl)nn2)cc1. The monoisotopic (exact) mass is 307 g/mol. The summed E-state index contributed by atoms with van der Waals surface area (Å²) in [6.07, 6.45) is 2.66. The Balaban J connectivity index is 1.82. The summed E-state index contributed by atoms with van der Waals surface area (Å²) in [5.41, 5.74) is 2.38. The molecule has 0 N–H and O–H groups in total. The lowest BCUT2D eigenvalue weighted by atomic mass is 9.87. The molecule has 0 saturated carbocycles. The number of hydrogen-bond donors (Lipinski definition) is 0. The van der Waals surface area contributed by atoms with Crippen molar-refractivity contribution in [2.24, 2.45) is 0 Å². The zero-order chi connectivity index (χ0) is 15.3. The van der Waals surface area contributed by atoms with Gasteiger partial charge in [-0.15, -0.1) is 16.7 Å². The topological polar surface area (TPSA) is 39.9 Å². The Bertz CT molecular complexity index is 558. The largest absolute Gasteiger partial charge is 0.492 e. The van der Waals surface area contributed by atoms with E-state index in [1.807, 2.05) is 18.3 Å². The van der Waals surface area contributed by atoms with Gasteiger partial charge in [0.2, 0.25) is 0 Å². The van der Waals surface area contributed by atoms with Crippen molar-refractivity contribution in [3.05, 3.63) is 41.7 Å². The highest BCUT2D eigenvalue weighted by Gasteiger charge is 2.12. The van der Waals surface area contributed by atoms with E-state index >= 15 is 0 Å². The summed E-state index contributed by atoms with van der Waals surface area (Å²) < 4.78 is 7.52. The summed E-state index contributed by atoms with van der Waals surface area (Å²) >= 11 is 5.67. The fourth-order valence-corrected chi connectivity index (χ4v) is 2.16. The number of benzene rings is 1. The molecule has 1 aromatic carbocycles. The zero-order valence-corrected chi connectivity index (χ0v) is 13.6. The molecular weight excluding hydrogens is 286 g/mol. The van der Waals surface area contributed by atoms with Gasteiger partial charge in [0.15, 0.2) is 0 Å². The Morgan fingerprint density at radius 3 is 2.52 bits per heavy atom. The number of halogens is 1. The molecule has 0 amide bonds. The van der Waals surface area contributed by atoms with Gasteiger partial charge in [-0.1, -0.05) is 38.1 Å². The second-order valence-electron chi connectivity index (χ2n) is 6.03. The van der Waals surface area contributed by atoms with Crippen LogP contribution in [0.3, 0.4) is 0 Å². The van der Waals surface area contributed by atoms with Gasteiger partial charge < -0.3 is 4.74 Å². The van der Waals surface area contributed by atoms with E-state index in [2.05, 4.69) is 43.2 Å². The van der Waals surface area contributed by atoms with Crippen molar-refractivity contribution < 1.29 is 4.74 Å². The normalized spacial score (nSPS) is 11.6. The molecule has 4 nitrogen and oxygen atoms in total. The molecule has 0 aliphatic rings. The third kappa shape index (κ3) is 4.74. The molecule has 0 saturated heterocycles. The Morgan fingerprint density at radius 2 is 1.90 bits per heavy atom. The molecule has 2 rings (SSSR count). The van der Waals surface area contributed by atoms with Crippen LogP contribution in [0.4, 0.5) is 0 Å². The van der Waals surface area contributed by atoms with Crippen molar-refractivity contribution >= 4 is 11.6 Å². The lowest BCUT2D eigenvalue weighted by molar-refractivity contribution is 0.289. The van der Waals surface area contributed by atoms with Crippen molar-refractivity contribution in [1.82, 2.24) is 15.0 Å². The fourth-order valence-electron chi connectivity index (χ4n) is 1.97. The average molecular weight is 308 g/mol. The van der Waals surface area contributed by atoms with Gasteiger partial charge >= 0.3 is 0 Å². The lowest BCUT2D eigenvalue weighted by Crippen LogP contribution is -2.11. The molecule has 0 unspecified atom stereocenters. The number of rotatable bonds is 6. The van der Waals surface area contributed by atoms with Crippen LogP contribution in [0.25, 0.3) is 0 Å². The molecule has 0 aliphatic heterocycles. The maximum atomic E-state index is 5.73. The first-order valence-electron chi connectivity index (χ1n) is 7.17. The first-order valence-corrected chi connectivity index (χ1v) is 7.71. The van der Waals surface area contributed by atoms with E-state index < -0.39 is 0 Å². The van der Waals surface area contributed by atoms with Gasteiger partial charge in [0.05, 0.1) is 12.2 Å². The Kier molecular flexibility index (Phi) is 5.23. The van der Waals surface area contributed by atoms with Gasteiger partial charge in [-0.3, -0.25) is 0 Å². The summed E-state index contributed by atoms with van der Waals surface area (Å²) in [5.74, 6) is 1.44. The average Bonchev–Trinajstić information content (AvgIpc) is 2.86. The van der Waals surface area contributed by atoms with Crippen molar-refractivity contribution in [2.75, 3.05) is 12.5 Å². The molecular formula is C16H22ClN3O. The summed E-state index contributed by atoms with van der Waals surface area (Å²) in [6.45, 7) is 7.85. The minimum absolute atomic E-state index is 0.165. The summed E-state index contributed by atoms with van der Waals surface area (Å²) in [7, 11) is 0. The van der Waals surface area contributed by atoms with Crippen LogP contribution in [0.1, 0.15) is 32.0 Å². The molecule has 0 atom stereocenters. The van der Waals surface area contributed by atoms with Gasteiger partial charge in [-0.05, 0) is 23.1 Å². The molecule has 0 fully saturated rings. The van der Waals surface area contributed by atoms with E-state index in [0.717, 1.165) is 17.9 Å². The molecule has 1 heterocycles. The van der Waals surface area contributed by atoms with E-state index in [1.165, 1.54) is 5.56 Å². The molecule has 0 radical (unpaired) electrons. The first-order chi connectivity index (χ1) is 9.99. The Hall–Kier alpha value is -1.55. The van der Waals surface area contributed by atoms with E-state index in [9.17, 15) is 0 Å². The number of ether oxygens (including phenoxy) is 1. The molecule has 114 valence electrons. The predicted octanol–water partition coefficient (Wildman–Crippen LogP) is 3.44. The van der Waals surface area contributed by atoms with Crippen LogP contribution >= 0.6 is 11.6 Å². The number of alkyl halides is 1. The molecule has 0 bridgehead atoms. The van der Waals surface area contributed by atoms with E-state index in [1.54, 1.807) is 4.68 Å². The van der Waals surface area contributed by atoms with Crippen LogP contribution < -0.4 is 4.74 Å². The smallest absolute Gasteiger partial charge is 0.119 e. The number of aryl methyl sites for hydroxylation is 1. The van der Waals surface area contributed by atoms with E-state index in [-0.39, 0.29) is 5.41 Å². The van der Waals surface area contributed by atoms with E-state index in [4.69, 9.17) is 16.3 Å². The maximum absolute atomic E-state index is 5.73. The van der Waals surface area contributed by atoms with Gasteiger partial charge in [0.25, 0.3) is 0 Å². The highest BCUT2D eigenvalue weighted by atomic mass is 35.5. The van der Waals surface area contributed by atoms with Gasteiger partial charge in [-0.25, -0.2) is 4.68 Å². The highest BCUT2D eigenvalue weighted by molar-refractivity contribution is 6.17. The lowest BCUT2D eigenvalue weighted by Gasteiger charge is -2.19. The van der Waals surface area contributed by atoms with Gasteiger partial charge in [0, 0.05) is 18.5 Å². The summed E-state index contributed by atoms with van der Waals surface area (Å²) in [5, 5.41) is 8.08. The molecule has 2 aromatic rings. The molecule has 0 aliphatic carbocycles. The third-order valence-corrected chi connectivity index (χ3v) is 3.44. The molecule has 0 spiro atoms. The van der Waals surface area contributed by atoms with Crippen molar-refractivity contribution in [3.8, 4) is 5.75 Å². The van der Waals surface area contributed by atoms with Crippen molar-refractivity contribution in [2.45, 2.75) is 39.2 Å². The second-order valence-corrected chi connectivity index (χ2v) is 6.41. The summed E-state index contributed by atoms with van der Waals surface area (Å²) in [4.78, 5) is 0. The minimum atomic E-state index is 0.165. The van der Waals surface area contributed by atoms with Crippen LogP contribution in [0.2, 0.25) is 0 Å². The number of nitrogens with zero attached hydrogens (tertiary/aromatic N) is 3. The van der Waals surface area contributed by atoms with E-state index in [0.29, 0.717) is 19.0 Å². The molecule has 5 heteroatoms. The van der Waals surface area contributed by atoms with Crippen LogP contribution in [0.5, 0.6) is 5.75 Å². The van der Waals surface area contributed by atoms with Crippen LogP contribution in [0.15, 0.2) is 30.5 Å². The minimum Gasteiger partial charge on any atom is -0.492 e. The van der Waals surface area contributed by atoms with Crippen molar-refractivity contribution in [1.29, 1.82) is 0 Å². The Morgan fingerprint density at radius 1 is 1.19 bits per heavy atom. The maximum Gasteiger partial charge on any atom is 0.119 e.